The molecule has 0 bridgehead atoms. The Morgan fingerprint density at radius 3 is 2.18 bits per heavy atom. The van der Waals surface area contributed by atoms with Gasteiger partial charge in [-0.1, -0.05) is 11.8 Å². The standard InChI is InChI=1S/C6H8F3NO/c1-5(11,3-2-4-10)6(7,8)9/h11H,4,10H2,1H3. The van der Waals surface area contributed by atoms with Crippen LogP contribution < -0.4 is 5.73 Å². The minimum absolute atomic E-state index is 0.202. The summed E-state index contributed by atoms with van der Waals surface area (Å²) < 4.78 is 35.3. The van der Waals surface area contributed by atoms with Crippen LogP contribution in [-0.2, 0) is 0 Å². The lowest BCUT2D eigenvalue weighted by Gasteiger charge is -2.19. The Balaban J connectivity index is 4.47. The molecule has 0 aromatic carbocycles. The highest BCUT2D eigenvalue weighted by Gasteiger charge is 2.48. The lowest BCUT2D eigenvalue weighted by molar-refractivity contribution is -0.228. The summed E-state index contributed by atoms with van der Waals surface area (Å²) >= 11 is 0. The summed E-state index contributed by atoms with van der Waals surface area (Å²) in [7, 11) is 0. The first-order chi connectivity index (χ1) is 4.81. The van der Waals surface area contributed by atoms with Crippen LogP contribution in [0, 0.1) is 11.8 Å². The maximum Gasteiger partial charge on any atom is 0.428 e. The molecule has 0 fully saturated rings. The van der Waals surface area contributed by atoms with Crippen LogP contribution in [0.3, 0.4) is 0 Å². The molecule has 0 aromatic heterocycles. The molecule has 0 aliphatic heterocycles. The van der Waals surface area contributed by atoms with Crippen molar-refractivity contribution < 1.29 is 18.3 Å². The fourth-order valence-corrected chi connectivity index (χ4v) is 0.294. The Morgan fingerprint density at radius 1 is 1.45 bits per heavy atom. The molecule has 0 amide bonds. The normalized spacial score (nSPS) is 16.5. The molecule has 0 radical (unpaired) electrons. The van der Waals surface area contributed by atoms with Gasteiger partial charge in [-0.05, 0) is 6.92 Å². The van der Waals surface area contributed by atoms with Crippen molar-refractivity contribution in [1.29, 1.82) is 0 Å². The van der Waals surface area contributed by atoms with Crippen LogP contribution in [0.15, 0.2) is 0 Å². The number of aliphatic hydroxyl groups is 1. The van der Waals surface area contributed by atoms with E-state index in [9.17, 15) is 13.2 Å². The van der Waals surface area contributed by atoms with Crippen LogP contribution in [0.2, 0.25) is 0 Å². The predicted octanol–water partition coefficient (Wildman–Crippen LogP) is 0.262. The van der Waals surface area contributed by atoms with Crippen molar-refractivity contribution >= 4 is 0 Å². The molecule has 0 aliphatic carbocycles. The number of halogens is 3. The number of hydrogen-bond acceptors (Lipinski definition) is 2. The molecule has 0 aliphatic rings. The minimum Gasteiger partial charge on any atom is -0.370 e. The van der Waals surface area contributed by atoms with Crippen molar-refractivity contribution in [1.82, 2.24) is 0 Å². The van der Waals surface area contributed by atoms with Gasteiger partial charge in [0.2, 0.25) is 5.60 Å². The lowest BCUT2D eigenvalue weighted by atomic mass is 10.1. The van der Waals surface area contributed by atoms with Crippen LogP contribution in [0.25, 0.3) is 0 Å². The highest BCUT2D eigenvalue weighted by atomic mass is 19.4. The molecule has 0 heterocycles. The summed E-state index contributed by atoms with van der Waals surface area (Å²) in [6, 6.07) is 0. The number of alkyl halides is 3. The molecule has 5 heteroatoms. The monoisotopic (exact) mass is 167 g/mol. The van der Waals surface area contributed by atoms with Crippen LogP contribution >= 0.6 is 0 Å². The van der Waals surface area contributed by atoms with Crippen molar-refractivity contribution in [2.45, 2.75) is 18.7 Å². The fraction of sp³-hybridized carbons (Fsp3) is 0.667. The van der Waals surface area contributed by atoms with E-state index in [2.05, 4.69) is 0 Å². The van der Waals surface area contributed by atoms with Gasteiger partial charge in [-0.25, -0.2) is 0 Å². The van der Waals surface area contributed by atoms with Crippen LogP contribution in [0.1, 0.15) is 6.92 Å². The van der Waals surface area contributed by atoms with Gasteiger partial charge >= 0.3 is 6.18 Å². The summed E-state index contributed by atoms with van der Waals surface area (Å²) in [5.74, 6) is 3.56. The predicted molar refractivity (Wildman–Crippen MR) is 33.5 cm³/mol. The third kappa shape index (κ3) is 2.78. The molecule has 64 valence electrons. The van der Waals surface area contributed by atoms with Gasteiger partial charge in [0.1, 0.15) is 0 Å². The van der Waals surface area contributed by atoms with Crippen molar-refractivity contribution in [3.05, 3.63) is 0 Å². The average molecular weight is 167 g/mol. The second-order valence-electron chi connectivity index (χ2n) is 2.08. The van der Waals surface area contributed by atoms with Crippen LogP contribution in [-0.4, -0.2) is 23.4 Å². The highest BCUT2D eigenvalue weighted by Crippen LogP contribution is 2.28. The maximum absolute atomic E-state index is 11.8. The first-order valence-corrected chi connectivity index (χ1v) is 2.80. The smallest absolute Gasteiger partial charge is 0.370 e. The van der Waals surface area contributed by atoms with Gasteiger partial charge in [0.25, 0.3) is 0 Å². The van der Waals surface area contributed by atoms with E-state index < -0.39 is 11.8 Å². The third-order valence-electron chi connectivity index (χ3n) is 0.986. The summed E-state index contributed by atoms with van der Waals surface area (Å²) in [5.41, 5.74) is 1.87. The molecule has 3 N–H and O–H groups in total. The van der Waals surface area contributed by atoms with Crippen LogP contribution in [0.5, 0.6) is 0 Å². The molecular weight excluding hydrogens is 159 g/mol. The maximum atomic E-state index is 11.8. The summed E-state index contributed by atoms with van der Waals surface area (Å²) in [6.07, 6.45) is -4.73. The van der Waals surface area contributed by atoms with Gasteiger partial charge in [0, 0.05) is 0 Å². The largest absolute Gasteiger partial charge is 0.428 e. The average Bonchev–Trinajstić information content (AvgIpc) is 1.81. The minimum atomic E-state index is -4.73. The molecule has 0 aromatic rings. The van der Waals surface area contributed by atoms with E-state index in [0.29, 0.717) is 6.92 Å². The lowest BCUT2D eigenvalue weighted by Crippen LogP contribution is -2.40. The van der Waals surface area contributed by atoms with Gasteiger partial charge in [-0.3, -0.25) is 0 Å². The van der Waals surface area contributed by atoms with Crippen molar-refractivity contribution in [2.24, 2.45) is 5.73 Å². The Labute approximate surface area is 62.2 Å². The third-order valence-corrected chi connectivity index (χ3v) is 0.986. The SMILES string of the molecule is CC(O)(C#CCN)C(F)(F)F. The Bertz CT molecular complexity index is 186. The fourth-order valence-electron chi connectivity index (χ4n) is 0.294. The molecule has 0 saturated heterocycles. The zero-order valence-electron chi connectivity index (χ0n) is 5.87. The molecule has 0 rings (SSSR count). The molecule has 0 saturated carbocycles. The quantitative estimate of drug-likeness (QED) is 0.508. The Kier molecular flexibility index (Phi) is 2.91. The molecule has 1 unspecified atom stereocenters. The van der Waals surface area contributed by atoms with E-state index in [1.54, 1.807) is 5.92 Å². The Hall–Kier alpha value is -0.730. The first kappa shape index (κ1) is 10.3. The molecule has 11 heavy (non-hydrogen) atoms. The topological polar surface area (TPSA) is 46.2 Å². The van der Waals surface area contributed by atoms with Gasteiger partial charge in [0.05, 0.1) is 6.54 Å². The summed E-state index contributed by atoms with van der Waals surface area (Å²) in [6.45, 7) is 0.377. The zero-order chi connectivity index (χ0) is 9.12. The van der Waals surface area contributed by atoms with E-state index in [4.69, 9.17) is 10.8 Å². The zero-order valence-corrected chi connectivity index (χ0v) is 5.87. The van der Waals surface area contributed by atoms with Crippen molar-refractivity contribution in [2.75, 3.05) is 6.54 Å². The van der Waals surface area contributed by atoms with Gasteiger partial charge in [-0.15, -0.1) is 0 Å². The number of hydrogen-bond donors (Lipinski definition) is 2. The number of nitrogens with two attached hydrogens (primary N) is 1. The first-order valence-electron chi connectivity index (χ1n) is 2.80. The van der Waals surface area contributed by atoms with Crippen molar-refractivity contribution in [3.63, 3.8) is 0 Å². The van der Waals surface area contributed by atoms with E-state index in [1.807, 2.05) is 5.92 Å². The van der Waals surface area contributed by atoms with Gasteiger partial charge in [0.15, 0.2) is 0 Å². The molecule has 1 atom stereocenters. The van der Waals surface area contributed by atoms with Crippen molar-refractivity contribution in [3.8, 4) is 11.8 Å². The molecular formula is C6H8F3NO. The van der Waals surface area contributed by atoms with E-state index in [-0.39, 0.29) is 6.54 Å². The van der Waals surface area contributed by atoms with Gasteiger partial charge in [-0.2, -0.15) is 13.2 Å². The second-order valence-corrected chi connectivity index (χ2v) is 2.08. The number of rotatable bonds is 0. The van der Waals surface area contributed by atoms with E-state index in [0.717, 1.165) is 0 Å². The molecule has 0 spiro atoms. The van der Waals surface area contributed by atoms with E-state index >= 15 is 0 Å². The Morgan fingerprint density at radius 2 is 1.91 bits per heavy atom. The highest BCUT2D eigenvalue weighted by molar-refractivity contribution is 5.15. The van der Waals surface area contributed by atoms with Crippen LogP contribution in [0.4, 0.5) is 13.2 Å². The second kappa shape index (κ2) is 3.11. The summed E-state index contributed by atoms with van der Waals surface area (Å²) in [5, 5.41) is 8.63. The van der Waals surface area contributed by atoms with E-state index in [1.165, 1.54) is 0 Å². The van der Waals surface area contributed by atoms with Gasteiger partial charge < -0.3 is 10.8 Å². The summed E-state index contributed by atoms with van der Waals surface area (Å²) in [4.78, 5) is 0. The molecule has 2 nitrogen and oxygen atoms in total.